The first-order valence-corrected chi connectivity index (χ1v) is 6.73. The molecule has 0 saturated carbocycles. The van der Waals surface area contributed by atoms with Crippen LogP contribution in [0.4, 0.5) is 0 Å². The summed E-state index contributed by atoms with van der Waals surface area (Å²) in [4.78, 5) is 26.0. The van der Waals surface area contributed by atoms with Crippen molar-refractivity contribution in [3.05, 3.63) is 11.7 Å². The maximum absolute atomic E-state index is 11.5. The number of amides is 2. The third-order valence-electron chi connectivity index (χ3n) is 2.94. The number of primary amides is 1. The second-order valence-electron chi connectivity index (χ2n) is 4.66. The molecule has 0 unspecified atom stereocenters. The van der Waals surface area contributed by atoms with Crippen molar-refractivity contribution in [1.29, 1.82) is 0 Å². The standard InChI is InChI=1S/C12H18N4O5/c13-11(18)12-15-10(21-16-12)5-14-9(17)7-19-6-8-3-1-2-4-20-8/h8H,1-7H2,(H2,13,18)(H,14,17)/t8-/m0/s1. The summed E-state index contributed by atoms with van der Waals surface area (Å²) >= 11 is 0. The largest absolute Gasteiger partial charge is 0.376 e. The Morgan fingerprint density at radius 3 is 2.95 bits per heavy atom. The average molecular weight is 298 g/mol. The van der Waals surface area contributed by atoms with Crippen molar-refractivity contribution < 1.29 is 23.6 Å². The summed E-state index contributed by atoms with van der Waals surface area (Å²) in [5.41, 5.74) is 4.98. The van der Waals surface area contributed by atoms with Crippen molar-refractivity contribution in [2.24, 2.45) is 5.73 Å². The van der Waals surface area contributed by atoms with Gasteiger partial charge < -0.3 is 25.0 Å². The molecule has 0 radical (unpaired) electrons. The highest BCUT2D eigenvalue weighted by molar-refractivity contribution is 5.88. The molecule has 0 aromatic carbocycles. The maximum atomic E-state index is 11.5. The zero-order valence-corrected chi connectivity index (χ0v) is 11.5. The van der Waals surface area contributed by atoms with Gasteiger partial charge in [-0.3, -0.25) is 9.59 Å². The Hall–Kier alpha value is -2.00. The highest BCUT2D eigenvalue weighted by Gasteiger charge is 2.15. The molecular formula is C12H18N4O5. The molecule has 1 aromatic rings. The van der Waals surface area contributed by atoms with E-state index in [0.717, 1.165) is 25.9 Å². The van der Waals surface area contributed by atoms with Crippen LogP contribution in [0.2, 0.25) is 0 Å². The minimum Gasteiger partial charge on any atom is -0.376 e. The lowest BCUT2D eigenvalue weighted by molar-refractivity contribution is -0.128. The lowest BCUT2D eigenvalue weighted by Gasteiger charge is -2.22. The fourth-order valence-corrected chi connectivity index (χ4v) is 1.87. The molecule has 1 aromatic heterocycles. The SMILES string of the molecule is NC(=O)c1noc(CNC(=O)COC[C@@H]2CCCCO2)n1. The Morgan fingerprint density at radius 1 is 1.43 bits per heavy atom. The summed E-state index contributed by atoms with van der Waals surface area (Å²) in [5, 5.41) is 5.89. The van der Waals surface area contributed by atoms with Crippen LogP contribution in [0.3, 0.4) is 0 Å². The molecule has 0 spiro atoms. The van der Waals surface area contributed by atoms with Crippen LogP contribution in [0.25, 0.3) is 0 Å². The molecule has 2 amide bonds. The van der Waals surface area contributed by atoms with Gasteiger partial charge in [-0.15, -0.1) is 0 Å². The number of carbonyl (C=O) groups is 2. The number of nitrogens with zero attached hydrogens (tertiary/aromatic N) is 2. The Labute approximate surface area is 121 Å². The van der Waals surface area contributed by atoms with Crippen LogP contribution < -0.4 is 11.1 Å². The predicted molar refractivity (Wildman–Crippen MR) is 69.1 cm³/mol. The van der Waals surface area contributed by atoms with E-state index in [4.69, 9.17) is 19.7 Å². The van der Waals surface area contributed by atoms with E-state index in [1.165, 1.54) is 0 Å². The van der Waals surface area contributed by atoms with Crippen LogP contribution in [0.15, 0.2) is 4.52 Å². The maximum Gasteiger partial charge on any atom is 0.290 e. The summed E-state index contributed by atoms with van der Waals surface area (Å²) in [6, 6.07) is 0. The first-order valence-electron chi connectivity index (χ1n) is 6.73. The van der Waals surface area contributed by atoms with Gasteiger partial charge in [-0.25, -0.2) is 0 Å². The minimum atomic E-state index is -0.785. The fourth-order valence-electron chi connectivity index (χ4n) is 1.87. The molecular weight excluding hydrogens is 280 g/mol. The number of hydrogen-bond acceptors (Lipinski definition) is 7. The summed E-state index contributed by atoms with van der Waals surface area (Å²) in [6.45, 7) is 1.10. The fraction of sp³-hybridized carbons (Fsp3) is 0.667. The minimum absolute atomic E-state index is 0.0163. The second-order valence-corrected chi connectivity index (χ2v) is 4.66. The van der Waals surface area contributed by atoms with Gasteiger partial charge in [0.1, 0.15) is 6.61 Å². The van der Waals surface area contributed by atoms with E-state index in [0.29, 0.717) is 6.61 Å². The number of ether oxygens (including phenoxy) is 2. The number of nitrogens with two attached hydrogens (primary N) is 1. The molecule has 0 aliphatic carbocycles. The molecule has 1 atom stereocenters. The van der Waals surface area contributed by atoms with Crippen molar-refractivity contribution in [3.63, 3.8) is 0 Å². The van der Waals surface area contributed by atoms with Gasteiger partial charge in [0, 0.05) is 6.61 Å². The smallest absolute Gasteiger partial charge is 0.290 e. The third kappa shape index (κ3) is 5.12. The normalized spacial score (nSPS) is 18.4. The van der Waals surface area contributed by atoms with Crippen LogP contribution in [-0.2, 0) is 20.8 Å². The zero-order valence-electron chi connectivity index (χ0n) is 11.5. The van der Waals surface area contributed by atoms with Gasteiger partial charge in [-0.2, -0.15) is 4.98 Å². The second kappa shape index (κ2) is 7.70. The lowest BCUT2D eigenvalue weighted by atomic mass is 10.1. The van der Waals surface area contributed by atoms with Gasteiger partial charge >= 0.3 is 0 Å². The first-order chi connectivity index (χ1) is 10.1. The molecule has 116 valence electrons. The molecule has 0 bridgehead atoms. The number of carbonyl (C=O) groups excluding carboxylic acids is 2. The van der Waals surface area contributed by atoms with Crippen molar-refractivity contribution in [3.8, 4) is 0 Å². The number of rotatable bonds is 7. The Balaban J connectivity index is 1.61. The number of nitrogens with one attached hydrogen (secondary N) is 1. The Morgan fingerprint density at radius 2 is 2.29 bits per heavy atom. The Bertz CT molecular complexity index is 484. The van der Waals surface area contributed by atoms with Gasteiger partial charge in [0.15, 0.2) is 0 Å². The molecule has 9 heteroatoms. The van der Waals surface area contributed by atoms with Gasteiger partial charge in [0.25, 0.3) is 11.7 Å². The van der Waals surface area contributed by atoms with Crippen LogP contribution in [-0.4, -0.2) is 47.9 Å². The van der Waals surface area contributed by atoms with E-state index in [9.17, 15) is 9.59 Å². The molecule has 1 fully saturated rings. The van der Waals surface area contributed by atoms with E-state index in [-0.39, 0.29) is 36.9 Å². The van der Waals surface area contributed by atoms with Crippen LogP contribution >= 0.6 is 0 Å². The lowest BCUT2D eigenvalue weighted by Crippen LogP contribution is -2.30. The van der Waals surface area contributed by atoms with Crippen LogP contribution in [0, 0.1) is 0 Å². The van der Waals surface area contributed by atoms with Crippen molar-refractivity contribution in [1.82, 2.24) is 15.5 Å². The average Bonchev–Trinajstić information content (AvgIpc) is 2.95. The highest BCUT2D eigenvalue weighted by Crippen LogP contribution is 2.12. The summed E-state index contributed by atoms with van der Waals surface area (Å²) in [5.74, 6) is -1.21. The van der Waals surface area contributed by atoms with E-state index in [1.54, 1.807) is 0 Å². The molecule has 21 heavy (non-hydrogen) atoms. The van der Waals surface area contributed by atoms with Crippen LogP contribution in [0.1, 0.15) is 35.8 Å². The predicted octanol–water partition coefficient (Wildman–Crippen LogP) is -0.630. The van der Waals surface area contributed by atoms with E-state index in [1.807, 2.05) is 0 Å². The quantitative estimate of drug-likeness (QED) is 0.685. The van der Waals surface area contributed by atoms with E-state index >= 15 is 0 Å². The summed E-state index contributed by atoms with van der Waals surface area (Å²) in [7, 11) is 0. The molecule has 3 N–H and O–H groups in total. The van der Waals surface area contributed by atoms with Gasteiger partial charge in [0.2, 0.25) is 11.8 Å². The zero-order chi connectivity index (χ0) is 15.1. The molecule has 1 aliphatic heterocycles. The Kier molecular flexibility index (Phi) is 5.64. The van der Waals surface area contributed by atoms with Crippen molar-refractivity contribution >= 4 is 11.8 Å². The molecule has 9 nitrogen and oxygen atoms in total. The van der Waals surface area contributed by atoms with Crippen LogP contribution in [0.5, 0.6) is 0 Å². The monoisotopic (exact) mass is 298 g/mol. The van der Waals surface area contributed by atoms with Crippen molar-refractivity contribution in [2.75, 3.05) is 19.8 Å². The van der Waals surface area contributed by atoms with E-state index < -0.39 is 5.91 Å². The number of hydrogen-bond donors (Lipinski definition) is 2. The summed E-state index contributed by atoms with van der Waals surface area (Å²) in [6.07, 6.45) is 3.23. The van der Waals surface area contributed by atoms with Gasteiger partial charge in [-0.1, -0.05) is 5.16 Å². The molecule has 1 saturated heterocycles. The highest BCUT2D eigenvalue weighted by atomic mass is 16.5. The summed E-state index contributed by atoms with van der Waals surface area (Å²) < 4.78 is 15.5. The molecule has 1 aliphatic rings. The number of aromatic nitrogens is 2. The van der Waals surface area contributed by atoms with Gasteiger partial charge in [-0.05, 0) is 19.3 Å². The topological polar surface area (TPSA) is 130 Å². The third-order valence-corrected chi connectivity index (χ3v) is 2.94. The molecule has 2 rings (SSSR count). The van der Waals surface area contributed by atoms with E-state index in [2.05, 4.69) is 15.5 Å². The molecule has 2 heterocycles. The van der Waals surface area contributed by atoms with Gasteiger partial charge in [0.05, 0.1) is 19.3 Å². The van der Waals surface area contributed by atoms with Crippen molar-refractivity contribution in [2.45, 2.75) is 31.9 Å². The first kappa shape index (κ1) is 15.4.